The molecule has 0 spiro atoms. The van der Waals surface area contributed by atoms with Gasteiger partial charge in [-0.2, -0.15) is 9.89 Å². The number of thiophene rings is 1. The molecule has 2 aliphatic heterocycles. The Balaban J connectivity index is 1.30. The van der Waals surface area contributed by atoms with Crippen LogP contribution in [0, 0.1) is 11.3 Å². The van der Waals surface area contributed by atoms with Crippen molar-refractivity contribution in [3.8, 4) is 23.8 Å². The molecule has 3 aromatic heterocycles. The summed E-state index contributed by atoms with van der Waals surface area (Å²) in [6, 6.07) is 4.31. The van der Waals surface area contributed by atoms with Gasteiger partial charge in [-0.25, -0.2) is 0 Å². The third-order valence-corrected chi connectivity index (χ3v) is 10.4. The van der Waals surface area contributed by atoms with Crippen LogP contribution in [-0.4, -0.2) is 75.8 Å². The zero-order valence-corrected chi connectivity index (χ0v) is 26.3. The van der Waals surface area contributed by atoms with E-state index in [4.69, 9.17) is 24.8 Å². The number of rotatable bonds is 8. The van der Waals surface area contributed by atoms with Gasteiger partial charge in [-0.1, -0.05) is 16.5 Å². The minimum Gasteiger partial charge on any atom is -0.465 e. The summed E-state index contributed by atoms with van der Waals surface area (Å²) in [6.07, 6.45) is 9.06. The first-order chi connectivity index (χ1) is 21.2. The summed E-state index contributed by atoms with van der Waals surface area (Å²) >= 11 is 1.48. The summed E-state index contributed by atoms with van der Waals surface area (Å²) in [6.45, 7) is 9.94. The minimum absolute atomic E-state index is 0.0716. The molecule has 3 atom stereocenters. The second-order valence-corrected chi connectivity index (χ2v) is 13.3. The summed E-state index contributed by atoms with van der Waals surface area (Å²) in [5, 5.41) is 14.9. The molecule has 44 heavy (non-hydrogen) atoms. The number of nitrogens with zero attached hydrogens (tertiary/aromatic N) is 7. The molecule has 6 rings (SSSR count). The number of anilines is 1. The number of carbonyl (C=O) groups is 1. The first-order valence-corrected chi connectivity index (χ1v) is 16.1. The number of amides is 1. The predicted molar refractivity (Wildman–Crippen MR) is 163 cm³/mol. The van der Waals surface area contributed by atoms with E-state index in [0.717, 1.165) is 49.1 Å². The number of nitrogens with two attached hydrogens (primary N) is 1. The largest absolute Gasteiger partial charge is 0.465 e. The third kappa shape index (κ3) is 5.64. The molecule has 232 valence electrons. The smallest absolute Gasteiger partial charge is 0.429 e. The van der Waals surface area contributed by atoms with E-state index in [1.54, 1.807) is 17.2 Å². The highest BCUT2D eigenvalue weighted by Crippen LogP contribution is 2.48. The highest BCUT2D eigenvalue weighted by molar-refractivity contribution is 7.16. The van der Waals surface area contributed by atoms with Gasteiger partial charge in [0.05, 0.1) is 22.2 Å². The fourth-order valence-corrected chi connectivity index (χ4v) is 8.03. The standard InChI is InChI=1S/C31H39N8O4S/c1-5-27(40)38-14-10-20(11-15-38)42-26-16-25(41-19(2)22-8-7-13-37(22)4)34-30(35-26)39-18-24(36-43-39)31(3)12-6-9-23-28(31)21(17-32)29(33)44-23/h5,16,18-20,22H,1,6-15,33H2,2-4H3/q+1/t19-,22?,31+/m0/s1. The Labute approximate surface area is 261 Å². The van der Waals surface area contributed by atoms with Gasteiger partial charge in [0.1, 0.15) is 29.5 Å². The molecule has 2 N–H and O–H groups in total. The van der Waals surface area contributed by atoms with Crippen LogP contribution in [0.15, 0.2) is 29.5 Å². The highest BCUT2D eigenvalue weighted by atomic mass is 32.1. The van der Waals surface area contributed by atoms with E-state index in [1.807, 2.05) is 0 Å². The van der Waals surface area contributed by atoms with Crippen LogP contribution in [0.5, 0.6) is 11.8 Å². The number of piperidine rings is 1. The van der Waals surface area contributed by atoms with Crippen LogP contribution >= 0.6 is 11.3 Å². The Kier molecular flexibility index (Phi) is 8.30. The van der Waals surface area contributed by atoms with Gasteiger partial charge in [0.15, 0.2) is 5.69 Å². The molecule has 1 unspecified atom stereocenters. The van der Waals surface area contributed by atoms with E-state index in [-0.39, 0.29) is 30.1 Å². The van der Waals surface area contributed by atoms with Crippen molar-refractivity contribution in [2.45, 2.75) is 82.5 Å². The Morgan fingerprint density at radius 2 is 2.07 bits per heavy atom. The van der Waals surface area contributed by atoms with Crippen molar-refractivity contribution >= 4 is 22.2 Å². The molecule has 0 aromatic carbocycles. The van der Waals surface area contributed by atoms with Crippen molar-refractivity contribution in [1.29, 1.82) is 5.26 Å². The van der Waals surface area contributed by atoms with E-state index >= 15 is 0 Å². The SMILES string of the molecule is C=CC(=O)N1CCC(Oc2cc(O[C@@H](C)C3CCCN3C)nc(-[n+]3cc([C@@]4(C)CCCc5sc(N)c(C#N)c54)no3)n2)CC1. The van der Waals surface area contributed by atoms with Crippen molar-refractivity contribution in [3.05, 3.63) is 46.6 Å². The molecule has 2 fully saturated rings. The van der Waals surface area contributed by atoms with Crippen molar-refractivity contribution in [3.63, 3.8) is 0 Å². The number of likely N-dealkylation sites (tertiary alicyclic amines) is 2. The van der Waals surface area contributed by atoms with Crippen molar-refractivity contribution in [1.82, 2.24) is 24.9 Å². The molecule has 0 bridgehead atoms. The Hall–Kier alpha value is -4.02. The van der Waals surface area contributed by atoms with Crippen LogP contribution < -0.4 is 19.9 Å². The Morgan fingerprint density at radius 1 is 1.30 bits per heavy atom. The molecular formula is C31H39N8O4S+. The monoisotopic (exact) mass is 619 g/mol. The maximum Gasteiger partial charge on any atom is 0.429 e. The molecule has 1 aliphatic carbocycles. The summed E-state index contributed by atoms with van der Waals surface area (Å²) < 4.78 is 19.9. The summed E-state index contributed by atoms with van der Waals surface area (Å²) in [5.74, 6) is 0.899. The quantitative estimate of drug-likeness (QED) is 0.294. The van der Waals surface area contributed by atoms with E-state index < -0.39 is 5.41 Å². The zero-order valence-electron chi connectivity index (χ0n) is 25.5. The lowest BCUT2D eigenvalue weighted by molar-refractivity contribution is -0.799. The van der Waals surface area contributed by atoms with Gasteiger partial charge in [-0.15, -0.1) is 11.3 Å². The summed E-state index contributed by atoms with van der Waals surface area (Å²) in [7, 11) is 2.11. The van der Waals surface area contributed by atoms with Crippen LogP contribution in [0.2, 0.25) is 0 Å². The fraction of sp³-hybridized carbons (Fsp3) is 0.548. The van der Waals surface area contributed by atoms with Gasteiger partial charge in [0.25, 0.3) is 11.8 Å². The molecule has 12 nitrogen and oxygen atoms in total. The van der Waals surface area contributed by atoms with Crippen LogP contribution in [0.3, 0.4) is 0 Å². The molecule has 1 amide bonds. The average molecular weight is 620 g/mol. The molecular weight excluding hydrogens is 580 g/mol. The third-order valence-electron chi connectivity index (χ3n) is 9.29. The second-order valence-electron chi connectivity index (χ2n) is 12.2. The average Bonchev–Trinajstić information content (AvgIpc) is 3.76. The number of ether oxygens (including phenoxy) is 2. The number of hydrogen-bond acceptors (Lipinski definition) is 11. The topological polar surface area (TPSA) is 148 Å². The summed E-state index contributed by atoms with van der Waals surface area (Å²) in [4.78, 5) is 26.6. The van der Waals surface area contributed by atoms with Gasteiger partial charge in [-0.05, 0) is 75.9 Å². The molecule has 0 radical (unpaired) electrons. The normalized spacial score (nSPS) is 23.1. The first kappa shape index (κ1) is 30.0. The van der Waals surface area contributed by atoms with Gasteiger partial charge >= 0.3 is 5.95 Å². The number of nitrogen functional groups attached to an aromatic ring is 1. The van der Waals surface area contributed by atoms with Crippen LogP contribution in [0.1, 0.15) is 74.1 Å². The lowest BCUT2D eigenvalue weighted by Gasteiger charge is -2.31. The lowest BCUT2D eigenvalue weighted by atomic mass is 9.70. The number of likely N-dealkylation sites (N-methyl/N-ethyl adjacent to an activating group) is 1. The molecule has 3 aliphatic rings. The van der Waals surface area contributed by atoms with Crippen LogP contribution in [-0.2, 0) is 16.6 Å². The van der Waals surface area contributed by atoms with Crippen molar-refractivity contribution in [2.24, 2.45) is 0 Å². The number of aromatic nitrogens is 4. The maximum absolute atomic E-state index is 12.0. The lowest BCUT2D eigenvalue weighted by Crippen LogP contribution is -2.41. The van der Waals surface area contributed by atoms with E-state index in [9.17, 15) is 10.1 Å². The van der Waals surface area contributed by atoms with E-state index in [1.165, 1.54) is 22.2 Å². The number of nitriles is 1. The zero-order chi connectivity index (χ0) is 31.0. The van der Waals surface area contributed by atoms with Crippen molar-refractivity contribution < 1.29 is 23.6 Å². The fourth-order valence-electron chi connectivity index (χ4n) is 6.84. The van der Waals surface area contributed by atoms with Crippen molar-refractivity contribution in [2.75, 3.05) is 32.4 Å². The van der Waals surface area contributed by atoms with Crippen LogP contribution in [0.25, 0.3) is 5.95 Å². The number of fused-ring (bicyclic) bond motifs is 1. The van der Waals surface area contributed by atoms with E-state index in [2.05, 4.69) is 48.6 Å². The van der Waals surface area contributed by atoms with Crippen LogP contribution in [0.4, 0.5) is 5.00 Å². The molecule has 5 heterocycles. The van der Waals surface area contributed by atoms with Gasteiger partial charge in [-0.3, -0.25) is 9.69 Å². The maximum atomic E-state index is 12.0. The number of aryl methyl sites for hydroxylation is 1. The molecule has 13 heteroatoms. The predicted octanol–water partition coefficient (Wildman–Crippen LogP) is 3.32. The Bertz CT molecular complexity index is 1590. The molecule has 0 saturated carbocycles. The van der Waals surface area contributed by atoms with Gasteiger partial charge < -0.3 is 20.1 Å². The second kappa shape index (κ2) is 12.2. The molecule has 2 saturated heterocycles. The number of carbonyl (C=O) groups excluding carboxylic acids is 1. The first-order valence-electron chi connectivity index (χ1n) is 15.3. The molecule has 3 aromatic rings. The Morgan fingerprint density at radius 3 is 2.77 bits per heavy atom. The van der Waals surface area contributed by atoms with E-state index in [0.29, 0.717) is 53.9 Å². The minimum atomic E-state index is -0.548. The van der Waals surface area contributed by atoms with Gasteiger partial charge in [0.2, 0.25) is 5.91 Å². The highest BCUT2D eigenvalue weighted by Gasteiger charge is 2.43. The van der Waals surface area contributed by atoms with Gasteiger partial charge in [0, 0.05) is 36.9 Å². The summed E-state index contributed by atoms with van der Waals surface area (Å²) in [5.41, 5.74) is 7.82. The number of hydrogen-bond donors (Lipinski definition) is 1.